The minimum atomic E-state index is -3.70. The number of nitrogens with one attached hydrogen (secondary N) is 2. The summed E-state index contributed by atoms with van der Waals surface area (Å²) >= 11 is 0. The van der Waals surface area contributed by atoms with Crippen LogP contribution in [0.3, 0.4) is 0 Å². The average Bonchev–Trinajstić information content (AvgIpc) is 2.96. The van der Waals surface area contributed by atoms with Crippen LogP contribution in [0.5, 0.6) is 0 Å². The summed E-state index contributed by atoms with van der Waals surface area (Å²) in [6, 6.07) is 0. The summed E-state index contributed by atoms with van der Waals surface area (Å²) in [6.07, 6.45) is 3.68. The van der Waals surface area contributed by atoms with Crippen LogP contribution in [0.15, 0.2) is 21.8 Å². The fourth-order valence-electron chi connectivity index (χ4n) is 2.06. The van der Waals surface area contributed by atoms with Crippen LogP contribution in [0.25, 0.3) is 0 Å². The molecule has 0 saturated carbocycles. The third-order valence-electron chi connectivity index (χ3n) is 2.99. The van der Waals surface area contributed by atoms with Crippen LogP contribution in [0.4, 0.5) is 0 Å². The van der Waals surface area contributed by atoms with Gasteiger partial charge in [0, 0.05) is 30.4 Å². The Morgan fingerprint density at radius 2 is 2.15 bits per heavy atom. The van der Waals surface area contributed by atoms with Crippen molar-refractivity contribution in [2.75, 3.05) is 6.54 Å². The normalized spacial score (nSPS) is 11.9. The molecule has 0 radical (unpaired) electrons. The summed E-state index contributed by atoms with van der Waals surface area (Å²) in [4.78, 5) is 6.79. The van der Waals surface area contributed by atoms with Gasteiger partial charge in [-0.15, -0.1) is 0 Å². The Labute approximate surface area is 117 Å². The third-order valence-corrected chi connectivity index (χ3v) is 4.65. The number of sulfonamides is 1. The first-order valence-electron chi connectivity index (χ1n) is 6.12. The second kappa shape index (κ2) is 5.78. The number of aliphatic hydroxyl groups is 1. The molecule has 0 unspecified atom stereocenters. The van der Waals surface area contributed by atoms with E-state index in [0.717, 1.165) is 5.69 Å². The van der Waals surface area contributed by atoms with Crippen LogP contribution in [0, 0.1) is 13.8 Å². The van der Waals surface area contributed by atoms with Crippen molar-refractivity contribution in [1.29, 1.82) is 0 Å². The Balaban J connectivity index is 2.14. The molecule has 8 heteroatoms. The number of hydrogen-bond donors (Lipinski definition) is 3. The van der Waals surface area contributed by atoms with Gasteiger partial charge in [-0.1, -0.05) is 0 Å². The minimum absolute atomic E-state index is 0.0297. The van der Waals surface area contributed by atoms with E-state index in [2.05, 4.69) is 14.7 Å². The molecule has 0 saturated heterocycles. The maximum absolute atomic E-state index is 12.3. The standard InChI is InChI=1S/C12H17N3O4S/c1-8-11(6-16)12(9(2)19-8)20(17,18)15-4-3-10-5-13-7-14-10/h5,7,15-16H,3-4,6H2,1-2H3,(H,13,14). The van der Waals surface area contributed by atoms with Gasteiger partial charge < -0.3 is 14.5 Å². The monoisotopic (exact) mass is 299 g/mol. The summed E-state index contributed by atoms with van der Waals surface area (Å²) in [6.45, 7) is 3.05. The number of aryl methyl sites for hydroxylation is 2. The molecule has 0 spiro atoms. The molecule has 2 rings (SSSR count). The van der Waals surface area contributed by atoms with E-state index in [1.54, 1.807) is 20.0 Å². The number of aliphatic hydroxyl groups excluding tert-OH is 1. The maximum atomic E-state index is 12.3. The van der Waals surface area contributed by atoms with Crippen molar-refractivity contribution in [2.24, 2.45) is 0 Å². The first-order chi connectivity index (χ1) is 9.45. The van der Waals surface area contributed by atoms with Crippen LogP contribution in [-0.4, -0.2) is 30.0 Å². The number of rotatable bonds is 6. The van der Waals surface area contributed by atoms with Gasteiger partial charge in [-0.05, 0) is 13.8 Å². The lowest BCUT2D eigenvalue weighted by atomic mass is 10.2. The van der Waals surface area contributed by atoms with Crippen molar-refractivity contribution in [3.05, 3.63) is 35.3 Å². The van der Waals surface area contributed by atoms with Gasteiger partial charge in [0.1, 0.15) is 16.4 Å². The van der Waals surface area contributed by atoms with E-state index >= 15 is 0 Å². The van der Waals surface area contributed by atoms with E-state index in [0.29, 0.717) is 17.7 Å². The molecule has 7 nitrogen and oxygen atoms in total. The largest absolute Gasteiger partial charge is 0.465 e. The molecule has 3 N–H and O–H groups in total. The number of H-pyrrole nitrogens is 1. The Hall–Kier alpha value is -1.64. The number of aromatic nitrogens is 2. The van der Waals surface area contributed by atoms with Gasteiger partial charge in [-0.3, -0.25) is 0 Å². The van der Waals surface area contributed by atoms with Crippen LogP contribution < -0.4 is 4.72 Å². The molecule has 0 amide bonds. The molecular weight excluding hydrogens is 282 g/mol. The summed E-state index contributed by atoms with van der Waals surface area (Å²) in [7, 11) is -3.70. The fourth-order valence-corrected chi connectivity index (χ4v) is 3.53. The van der Waals surface area contributed by atoms with Crippen molar-refractivity contribution in [1.82, 2.24) is 14.7 Å². The molecule has 0 aromatic carbocycles. The third kappa shape index (κ3) is 2.92. The SMILES string of the molecule is Cc1oc(C)c(S(=O)(=O)NCCc2cnc[nH]2)c1CO. The molecule has 20 heavy (non-hydrogen) atoms. The number of nitrogens with zero attached hydrogens (tertiary/aromatic N) is 1. The lowest BCUT2D eigenvalue weighted by Crippen LogP contribution is -2.27. The number of furan rings is 1. The topological polar surface area (TPSA) is 108 Å². The van der Waals surface area contributed by atoms with Gasteiger partial charge in [0.2, 0.25) is 10.0 Å². The zero-order chi connectivity index (χ0) is 14.8. The molecule has 0 aliphatic carbocycles. The molecule has 0 bridgehead atoms. The highest BCUT2D eigenvalue weighted by molar-refractivity contribution is 7.89. The smallest absolute Gasteiger partial charge is 0.244 e. The fraction of sp³-hybridized carbons (Fsp3) is 0.417. The van der Waals surface area contributed by atoms with Gasteiger partial charge in [0.05, 0.1) is 12.9 Å². The predicted octanol–water partition coefficient (Wildman–Crippen LogP) is 0.633. The van der Waals surface area contributed by atoms with Crippen LogP contribution in [-0.2, 0) is 23.1 Å². The van der Waals surface area contributed by atoms with Gasteiger partial charge in [-0.25, -0.2) is 18.1 Å². The number of hydrogen-bond acceptors (Lipinski definition) is 5. The van der Waals surface area contributed by atoms with Crippen LogP contribution >= 0.6 is 0 Å². The molecular formula is C12H17N3O4S. The lowest BCUT2D eigenvalue weighted by molar-refractivity contribution is 0.276. The quantitative estimate of drug-likeness (QED) is 0.725. The van der Waals surface area contributed by atoms with Gasteiger partial charge in [-0.2, -0.15) is 0 Å². The maximum Gasteiger partial charge on any atom is 0.244 e. The highest BCUT2D eigenvalue weighted by atomic mass is 32.2. The first-order valence-corrected chi connectivity index (χ1v) is 7.60. The number of imidazole rings is 1. The van der Waals surface area contributed by atoms with E-state index in [9.17, 15) is 13.5 Å². The summed E-state index contributed by atoms with van der Waals surface area (Å²) < 4.78 is 32.3. The highest BCUT2D eigenvalue weighted by Crippen LogP contribution is 2.26. The summed E-state index contributed by atoms with van der Waals surface area (Å²) in [5, 5.41) is 9.29. The molecule has 2 aromatic heterocycles. The first kappa shape index (κ1) is 14.8. The second-order valence-corrected chi connectivity index (χ2v) is 6.11. The van der Waals surface area contributed by atoms with E-state index in [-0.39, 0.29) is 23.8 Å². The van der Waals surface area contributed by atoms with Crippen LogP contribution in [0.2, 0.25) is 0 Å². The van der Waals surface area contributed by atoms with Crippen molar-refractivity contribution in [2.45, 2.75) is 31.8 Å². The Kier molecular flexibility index (Phi) is 4.26. The minimum Gasteiger partial charge on any atom is -0.465 e. The zero-order valence-electron chi connectivity index (χ0n) is 11.3. The molecule has 0 fully saturated rings. The highest BCUT2D eigenvalue weighted by Gasteiger charge is 2.26. The Morgan fingerprint density at radius 1 is 1.40 bits per heavy atom. The zero-order valence-corrected chi connectivity index (χ0v) is 12.1. The molecule has 0 atom stereocenters. The van der Waals surface area contributed by atoms with Crippen molar-refractivity contribution < 1.29 is 17.9 Å². The lowest BCUT2D eigenvalue weighted by Gasteiger charge is -2.07. The number of aromatic amines is 1. The Bertz CT molecular complexity index is 674. The molecule has 0 aliphatic heterocycles. The summed E-state index contributed by atoms with van der Waals surface area (Å²) in [5.74, 6) is 0.694. The molecule has 110 valence electrons. The van der Waals surface area contributed by atoms with E-state index in [4.69, 9.17) is 4.42 Å². The van der Waals surface area contributed by atoms with E-state index in [1.165, 1.54) is 6.33 Å². The van der Waals surface area contributed by atoms with Gasteiger partial charge >= 0.3 is 0 Å². The predicted molar refractivity (Wildman–Crippen MR) is 71.6 cm³/mol. The Morgan fingerprint density at radius 3 is 2.75 bits per heavy atom. The summed E-state index contributed by atoms with van der Waals surface area (Å²) in [5.41, 5.74) is 1.15. The van der Waals surface area contributed by atoms with Crippen LogP contribution in [0.1, 0.15) is 22.8 Å². The van der Waals surface area contributed by atoms with Crippen molar-refractivity contribution in [3.8, 4) is 0 Å². The molecule has 2 aromatic rings. The van der Waals surface area contributed by atoms with E-state index < -0.39 is 10.0 Å². The second-order valence-electron chi connectivity index (χ2n) is 4.40. The van der Waals surface area contributed by atoms with Gasteiger partial charge in [0.25, 0.3) is 0 Å². The molecule has 0 aliphatic rings. The average molecular weight is 299 g/mol. The van der Waals surface area contributed by atoms with Gasteiger partial charge in [0.15, 0.2) is 0 Å². The van der Waals surface area contributed by atoms with E-state index in [1.807, 2.05) is 0 Å². The van der Waals surface area contributed by atoms with Crippen molar-refractivity contribution >= 4 is 10.0 Å². The van der Waals surface area contributed by atoms with Crippen molar-refractivity contribution in [3.63, 3.8) is 0 Å². The molecule has 2 heterocycles.